The number of Topliss-reactive ketones (excluding diaryl/α,β-unsaturated/α-hetero) is 2. The Labute approximate surface area is 162 Å². The molecule has 0 bridgehead atoms. The summed E-state index contributed by atoms with van der Waals surface area (Å²) in [5, 5.41) is 8.95. The molecule has 0 aliphatic heterocycles. The number of ketones is 2. The lowest BCUT2D eigenvalue weighted by molar-refractivity contribution is -0.164. The van der Waals surface area contributed by atoms with E-state index in [0.29, 0.717) is 30.3 Å². The molecule has 0 radical (unpaired) electrons. The zero-order chi connectivity index (χ0) is 19.4. The van der Waals surface area contributed by atoms with Crippen LogP contribution in [-0.2, 0) is 14.4 Å². The van der Waals surface area contributed by atoms with Gasteiger partial charge in [0.15, 0.2) is 0 Å². The molecule has 0 heterocycles. The van der Waals surface area contributed by atoms with Crippen LogP contribution >= 0.6 is 0 Å². The van der Waals surface area contributed by atoms with Crippen LogP contribution in [0.15, 0.2) is 0 Å². The number of fused-ring (bicyclic) bond motifs is 5. The van der Waals surface area contributed by atoms with E-state index in [1.165, 1.54) is 19.3 Å². The molecule has 0 spiro atoms. The summed E-state index contributed by atoms with van der Waals surface area (Å²) in [4.78, 5) is 37.6. The van der Waals surface area contributed by atoms with Crippen molar-refractivity contribution >= 4 is 17.5 Å². The van der Waals surface area contributed by atoms with E-state index in [9.17, 15) is 14.4 Å². The summed E-state index contributed by atoms with van der Waals surface area (Å²) in [6.07, 6.45) is 9.64. The number of rotatable bonds is 4. The second-order valence-electron chi connectivity index (χ2n) is 10.3. The van der Waals surface area contributed by atoms with Crippen LogP contribution in [0, 0.1) is 40.4 Å². The van der Waals surface area contributed by atoms with Gasteiger partial charge in [0.1, 0.15) is 11.6 Å². The average Bonchev–Trinajstić information content (AvgIpc) is 2.94. The lowest BCUT2D eigenvalue weighted by Crippen LogP contribution is -2.59. The fourth-order valence-corrected chi connectivity index (χ4v) is 7.77. The molecule has 0 saturated heterocycles. The smallest absolute Gasteiger partial charge is 0.303 e. The lowest BCUT2D eigenvalue weighted by atomic mass is 9.44. The number of hydrogen-bond acceptors (Lipinski definition) is 3. The van der Waals surface area contributed by atoms with Gasteiger partial charge in [0.25, 0.3) is 0 Å². The Bertz CT molecular complexity index is 655. The van der Waals surface area contributed by atoms with Gasteiger partial charge in [-0.15, -0.1) is 0 Å². The van der Waals surface area contributed by atoms with Crippen molar-refractivity contribution < 1.29 is 19.5 Å². The third-order valence-electron chi connectivity index (χ3n) is 9.38. The molecule has 4 rings (SSSR count). The summed E-state index contributed by atoms with van der Waals surface area (Å²) in [6, 6.07) is 0. The van der Waals surface area contributed by atoms with Gasteiger partial charge in [0.2, 0.25) is 0 Å². The SMILES string of the molecule is C[C@]12C(=O)CC3[C@@H](C(=O)C[C@@H]4CCCC[C@]34C)C1CC[C@@H]2CCCC(=O)O. The zero-order valence-electron chi connectivity index (χ0n) is 16.8. The van der Waals surface area contributed by atoms with Gasteiger partial charge in [-0.05, 0) is 67.6 Å². The number of carboxylic acid groups (broad SMARTS) is 1. The van der Waals surface area contributed by atoms with Gasteiger partial charge in [-0.3, -0.25) is 14.4 Å². The van der Waals surface area contributed by atoms with Crippen LogP contribution in [-0.4, -0.2) is 22.6 Å². The topological polar surface area (TPSA) is 71.4 Å². The van der Waals surface area contributed by atoms with E-state index in [1.807, 2.05) is 0 Å². The van der Waals surface area contributed by atoms with Gasteiger partial charge in [-0.2, -0.15) is 0 Å². The van der Waals surface area contributed by atoms with E-state index in [4.69, 9.17) is 5.11 Å². The molecular formula is C23H34O4. The molecule has 27 heavy (non-hydrogen) atoms. The highest BCUT2D eigenvalue weighted by molar-refractivity contribution is 5.92. The highest BCUT2D eigenvalue weighted by Gasteiger charge is 2.65. The van der Waals surface area contributed by atoms with Gasteiger partial charge in [0.05, 0.1) is 0 Å². The maximum Gasteiger partial charge on any atom is 0.303 e. The van der Waals surface area contributed by atoms with Crippen LogP contribution in [0.4, 0.5) is 0 Å². The molecule has 4 nitrogen and oxygen atoms in total. The van der Waals surface area contributed by atoms with Crippen molar-refractivity contribution in [1.29, 1.82) is 0 Å². The summed E-state index contributed by atoms with van der Waals surface area (Å²) in [7, 11) is 0. The number of carbonyl (C=O) groups is 3. The molecule has 0 aromatic rings. The third kappa shape index (κ3) is 2.81. The molecule has 4 aliphatic carbocycles. The van der Waals surface area contributed by atoms with Gasteiger partial charge in [-0.25, -0.2) is 0 Å². The second kappa shape index (κ2) is 6.70. The molecule has 0 aromatic heterocycles. The molecule has 4 fully saturated rings. The maximum absolute atomic E-state index is 13.5. The summed E-state index contributed by atoms with van der Waals surface area (Å²) in [5.74, 6) is 1.26. The quantitative estimate of drug-likeness (QED) is 0.777. The lowest BCUT2D eigenvalue weighted by Gasteiger charge is -2.58. The Morgan fingerprint density at radius 1 is 1.07 bits per heavy atom. The van der Waals surface area contributed by atoms with Crippen LogP contribution in [0.5, 0.6) is 0 Å². The van der Waals surface area contributed by atoms with Crippen molar-refractivity contribution in [3.05, 3.63) is 0 Å². The molecule has 0 aromatic carbocycles. The van der Waals surface area contributed by atoms with Crippen LogP contribution in [0.3, 0.4) is 0 Å². The Hall–Kier alpha value is -1.19. The Morgan fingerprint density at radius 3 is 2.59 bits per heavy atom. The van der Waals surface area contributed by atoms with Gasteiger partial charge in [-0.1, -0.05) is 26.7 Å². The summed E-state index contributed by atoms with van der Waals surface area (Å²) >= 11 is 0. The molecule has 4 saturated carbocycles. The Morgan fingerprint density at radius 2 is 1.85 bits per heavy atom. The van der Waals surface area contributed by atoms with E-state index in [-0.39, 0.29) is 35.5 Å². The Balaban J connectivity index is 1.60. The minimum Gasteiger partial charge on any atom is -0.481 e. The first kappa shape index (κ1) is 19.1. The summed E-state index contributed by atoms with van der Waals surface area (Å²) < 4.78 is 0. The average molecular weight is 375 g/mol. The van der Waals surface area contributed by atoms with Gasteiger partial charge < -0.3 is 5.11 Å². The first-order chi connectivity index (χ1) is 12.8. The monoisotopic (exact) mass is 374 g/mol. The van der Waals surface area contributed by atoms with Crippen molar-refractivity contribution in [1.82, 2.24) is 0 Å². The highest BCUT2D eigenvalue weighted by Crippen LogP contribution is 2.66. The van der Waals surface area contributed by atoms with Crippen molar-refractivity contribution in [2.75, 3.05) is 0 Å². The minimum absolute atomic E-state index is 0.0662. The van der Waals surface area contributed by atoms with Crippen LogP contribution < -0.4 is 0 Å². The summed E-state index contributed by atoms with van der Waals surface area (Å²) in [6.45, 7) is 4.48. The van der Waals surface area contributed by atoms with E-state index >= 15 is 0 Å². The fraction of sp³-hybridized carbons (Fsp3) is 0.870. The molecule has 0 amide bonds. The highest BCUT2D eigenvalue weighted by atomic mass is 16.4. The van der Waals surface area contributed by atoms with E-state index in [0.717, 1.165) is 32.1 Å². The van der Waals surface area contributed by atoms with Crippen molar-refractivity contribution in [2.24, 2.45) is 40.4 Å². The number of carboxylic acids is 1. The second-order valence-corrected chi connectivity index (χ2v) is 10.3. The Kier molecular flexibility index (Phi) is 4.75. The van der Waals surface area contributed by atoms with Crippen LogP contribution in [0.25, 0.3) is 0 Å². The zero-order valence-corrected chi connectivity index (χ0v) is 16.8. The number of aliphatic carboxylic acids is 1. The normalized spacial score (nSPS) is 46.5. The van der Waals surface area contributed by atoms with Crippen LogP contribution in [0.2, 0.25) is 0 Å². The largest absolute Gasteiger partial charge is 0.481 e. The summed E-state index contributed by atoms with van der Waals surface area (Å²) in [5.41, 5.74) is -0.248. The molecule has 150 valence electrons. The third-order valence-corrected chi connectivity index (χ3v) is 9.38. The molecule has 4 heteroatoms. The van der Waals surface area contributed by atoms with E-state index in [2.05, 4.69) is 13.8 Å². The van der Waals surface area contributed by atoms with Crippen molar-refractivity contribution in [3.8, 4) is 0 Å². The molecular weight excluding hydrogens is 340 g/mol. The molecule has 1 N–H and O–H groups in total. The standard InChI is InChI=1S/C23H34O4/c1-22-11-4-3-6-15(22)12-18(24)21-16-10-9-14(7-5-8-20(26)27)23(16,2)19(25)13-17(21)22/h14-17,21H,3-13H2,1-2H3,(H,26,27)/t14-,15-,16?,17?,21-,22-,23+/m0/s1. The number of hydrogen-bond donors (Lipinski definition) is 1. The first-order valence-electron chi connectivity index (χ1n) is 11.1. The predicted molar refractivity (Wildman–Crippen MR) is 102 cm³/mol. The van der Waals surface area contributed by atoms with Crippen molar-refractivity contribution in [2.45, 2.75) is 84.5 Å². The predicted octanol–water partition coefficient (Wildman–Crippen LogP) is 4.65. The minimum atomic E-state index is -0.761. The van der Waals surface area contributed by atoms with E-state index < -0.39 is 11.4 Å². The molecule has 4 aliphatic rings. The molecule has 7 atom stereocenters. The van der Waals surface area contributed by atoms with Crippen LogP contribution in [0.1, 0.15) is 84.5 Å². The fourth-order valence-electron chi connectivity index (χ4n) is 7.77. The van der Waals surface area contributed by atoms with Gasteiger partial charge >= 0.3 is 5.97 Å². The van der Waals surface area contributed by atoms with E-state index in [1.54, 1.807) is 0 Å². The van der Waals surface area contributed by atoms with Crippen molar-refractivity contribution in [3.63, 3.8) is 0 Å². The first-order valence-corrected chi connectivity index (χ1v) is 11.1. The number of carbonyl (C=O) groups excluding carboxylic acids is 2. The maximum atomic E-state index is 13.5. The molecule has 2 unspecified atom stereocenters. The van der Waals surface area contributed by atoms with Gasteiger partial charge in [0, 0.05) is 30.6 Å².